The van der Waals surface area contributed by atoms with Crippen LogP contribution in [0, 0.1) is 5.92 Å². The zero-order valence-electron chi connectivity index (χ0n) is 20.9. The summed E-state index contributed by atoms with van der Waals surface area (Å²) in [6, 6.07) is 1.22. The van der Waals surface area contributed by atoms with Crippen molar-refractivity contribution in [1.29, 1.82) is 0 Å². The van der Waals surface area contributed by atoms with Gasteiger partial charge in [0.25, 0.3) is 5.91 Å². The fraction of sp³-hybridized carbons (Fsp3) is 0.609. The van der Waals surface area contributed by atoms with Crippen molar-refractivity contribution < 1.29 is 35.9 Å². The monoisotopic (exact) mass is 566 g/mol. The van der Waals surface area contributed by atoms with E-state index in [0.717, 1.165) is 6.92 Å². The summed E-state index contributed by atoms with van der Waals surface area (Å²) >= 11 is 6.57. The van der Waals surface area contributed by atoms with Crippen LogP contribution >= 0.6 is 11.6 Å². The molecule has 2 heterocycles. The van der Waals surface area contributed by atoms with Crippen LogP contribution in [0.15, 0.2) is 12.3 Å². The first-order chi connectivity index (χ1) is 17.3. The van der Waals surface area contributed by atoms with Crippen molar-refractivity contribution in [3.63, 3.8) is 0 Å². The molecule has 2 aromatic rings. The number of methoxy groups -OCH3 is 1. The number of hydrogen-bond donors (Lipinski definition) is 1. The largest absolute Gasteiger partial charge is 0.496 e. The van der Waals surface area contributed by atoms with Crippen molar-refractivity contribution in [2.24, 2.45) is 5.92 Å². The van der Waals surface area contributed by atoms with Crippen LogP contribution < -0.4 is 14.8 Å². The van der Waals surface area contributed by atoms with Gasteiger partial charge in [-0.2, -0.15) is 18.3 Å². The minimum Gasteiger partial charge on any atom is -0.496 e. The minimum atomic E-state index is -4.56. The molecule has 0 bridgehead atoms. The Morgan fingerprint density at radius 2 is 1.95 bits per heavy atom. The lowest BCUT2D eigenvalue weighted by Gasteiger charge is -2.27. The third kappa shape index (κ3) is 6.86. The molecule has 1 saturated carbocycles. The van der Waals surface area contributed by atoms with Crippen LogP contribution in [0.5, 0.6) is 11.6 Å². The molecule has 3 rings (SSSR count). The maximum Gasteiger partial charge on any atom is 0.425 e. The third-order valence-corrected chi connectivity index (χ3v) is 8.47. The Hall–Kier alpha value is -2.54. The topological polar surface area (TPSA) is 112 Å². The Morgan fingerprint density at radius 3 is 2.49 bits per heavy atom. The first kappa shape index (κ1) is 29.0. The molecule has 1 fully saturated rings. The van der Waals surface area contributed by atoms with Crippen LogP contribution in [0.3, 0.4) is 0 Å². The quantitative estimate of drug-likeness (QED) is 0.482. The molecule has 14 heteroatoms. The van der Waals surface area contributed by atoms with E-state index in [4.69, 9.17) is 21.1 Å². The highest BCUT2D eigenvalue weighted by atomic mass is 35.5. The number of carbonyl (C=O) groups excluding carboxylic acids is 1. The first-order valence-corrected chi connectivity index (χ1v) is 14.1. The second-order valence-corrected chi connectivity index (χ2v) is 11.7. The highest BCUT2D eigenvalue weighted by molar-refractivity contribution is 7.91. The molecular formula is C23H30ClF3N4O5S. The highest BCUT2D eigenvalue weighted by Gasteiger charge is 2.38. The van der Waals surface area contributed by atoms with Crippen LogP contribution in [0.2, 0.25) is 5.02 Å². The van der Waals surface area contributed by atoms with Gasteiger partial charge in [-0.15, -0.1) is 0 Å². The molecule has 9 nitrogen and oxygen atoms in total. The van der Waals surface area contributed by atoms with E-state index in [-0.39, 0.29) is 33.5 Å². The molecule has 0 aromatic carbocycles. The van der Waals surface area contributed by atoms with Gasteiger partial charge in [0.1, 0.15) is 15.6 Å². The number of alkyl halides is 3. The van der Waals surface area contributed by atoms with E-state index in [1.54, 1.807) is 6.92 Å². The van der Waals surface area contributed by atoms with E-state index in [1.807, 2.05) is 0 Å². The zero-order chi connectivity index (χ0) is 27.5. The second-order valence-electron chi connectivity index (χ2n) is 9.03. The van der Waals surface area contributed by atoms with Crippen molar-refractivity contribution in [1.82, 2.24) is 20.1 Å². The molecule has 0 spiro atoms. The molecular weight excluding hydrogens is 537 g/mol. The van der Waals surface area contributed by atoms with E-state index >= 15 is 0 Å². The van der Waals surface area contributed by atoms with E-state index in [9.17, 15) is 26.4 Å². The number of aromatic nitrogens is 3. The molecule has 1 aliphatic rings. The number of nitrogens with one attached hydrogen (secondary N) is 1. The summed E-state index contributed by atoms with van der Waals surface area (Å²) in [5.41, 5.74) is 0.631. The second kappa shape index (κ2) is 11.5. The summed E-state index contributed by atoms with van der Waals surface area (Å²) in [5.74, 6) is -0.489. The van der Waals surface area contributed by atoms with Gasteiger partial charge in [0, 0.05) is 31.6 Å². The number of aryl methyl sites for hydroxylation is 1. The smallest absolute Gasteiger partial charge is 0.425 e. The van der Waals surface area contributed by atoms with Crippen molar-refractivity contribution in [3.05, 3.63) is 23.0 Å². The van der Waals surface area contributed by atoms with E-state index < -0.39 is 28.0 Å². The Balaban J connectivity index is 1.78. The number of sulfone groups is 1. The summed E-state index contributed by atoms with van der Waals surface area (Å²) in [6.45, 7) is 3.35. The predicted octanol–water partition coefficient (Wildman–Crippen LogP) is 4.29. The highest BCUT2D eigenvalue weighted by Crippen LogP contribution is 2.38. The summed E-state index contributed by atoms with van der Waals surface area (Å²) in [4.78, 5) is 16.9. The maximum absolute atomic E-state index is 12.9. The molecule has 1 N–H and O–H groups in total. The molecule has 37 heavy (non-hydrogen) atoms. The zero-order valence-corrected chi connectivity index (χ0v) is 22.5. The number of amides is 1. The van der Waals surface area contributed by atoms with Gasteiger partial charge in [0.2, 0.25) is 5.88 Å². The minimum absolute atomic E-state index is 0.0172. The molecule has 206 valence electrons. The summed E-state index contributed by atoms with van der Waals surface area (Å²) in [5, 5.41) is 6.85. The van der Waals surface area contributed by atoms with E-state index in [1.165, 1.54) is 30.3 Å². The number of halogens is 4. The van der Waals surface area contributed by atoms with Gasteiger partial charge in [-0.25, -0.2) is 13.4 Å². The average Bonchev–Trinajstić information content (AvgIpc) is 3.17. The van der Waals surface area contributed by atoms with Gasteiger partial charge in [-0.3, -0.25) is 9.48 Å². The van der Waals surface area contributed by atoms with Crippen LogP contribution in [-0.2, 0) is 16.4 Å². The Kier molecular flexibility index (Phi) is 8.99. The van der Waals surface area contributed by atoms with Crippen LogP contribution in [0.25, 0.3) is 11.3 Å². The Labute approximate surface area is 218 Å². The van der Waals surface area contributed by atoms with Crippen LogP contribution in [0.1, 0.15) is 50.0 Å². The van der Waals surface area contributed by atoms with Gasteiger partial charge < -0.3 is 14.8 Å². The van der Waals surface area contributed by atoms with Gasteiger partial charge in [-0.1, -0.05) is 11.6 Å². The van der Waals surface area contributed by atoms with E-state index in [2.05, 4.69) is 15.4 Å². The Bertz CT molecular complexity index is 1230. The molecule has 0 saturated heterocycles. The summed E-state index contributed by atoms with van der Waals surface area (Å²) < 4.78 is 73.8. The maximum atomic E-state index is 12.9. The standard InChI is InChI=1S/C23H30ClF3N4O5S/c1-5-31-21(16-12-28-18(10-17(16)35-3)36-13(2)23(25,26)27)19(24)20(30-31)22(32)29-11-14-6-8-15(9-7-14)37(4,33)34/h10,12-15H,5-9,11H2,1-4H3,(H,29,32)/t13-,14?,15?/m1/s1. The van der Waals surface area contributed by atoms with Crippen molar-refractivity contribution in [2.75, 3.05) is 19.9 Å². The first-order valence-electron chi connectivity index (χ1n) is 11.8. The molecule has 0 aliphatic heterocycles. The van der Waals surface area contributed by atoms with Gasteiger partial charge in [0.15, 0.2) is 11.8 Å². The van der Waals surface area contributed by atoms with Gasteiger partial charge >= 0.3 is 6.18 Å². The van der Waals surface area contributed by atoms with Crippen LogP contribution in [0.4, 0.5) is 13.2 Å². The number of carbonyl (C=O) groups is 1. The molecule has 0 radical (unpaired) electrons. The van der Waals surface area contributed by atoms with Crippen molar-refractivity contribution in [2.45, 2.75) is 63.6 Å². The summed E-state index contributed by atoms with van der Waals surface area (Å²) in [7, 11) is -1.74. The van der Waals surface area contributed by atoms with Crippen molar-refractivity contribution in [3.8, 4) is 22.9 Å². The fourth-order valence-electron chi connectivity index (χ4n) is 4.23. The lowest BCUT2D eigenvalue weighted by atomic mass is 9.89. The number of nitrogens with zero attached hydrogens (tertiary/aromatic N) is 3. The Morgan fingerprint density at radius 1 is 1.30 bits per heavy atom. The molecule has 0 unspecified atom stereocenters. The SMILES string of the molecule is CCn1nc(C(=O)NCC2CCC(S(C)(=O)=O)CC2)c(Cl)c1-c1cnc(O[C@H](C)C(F)(F)F)cc1OC. The normalized spacial score (nSPS) is 19.4. The number of ether oxygens (including phenoxy) is 2. The molecule has 1 atom stereocenters. The number of rotatable bonds is 9. The van der Waals surface area contributed by atoms with Gasteiger partial charge in [-0.05, 0) is 45.4 Å². The van der Waals surface area contributed by atoms with Crippen molar-refractivity contribution >= 4 is 27.3 Å². The number of pyridine rings is 1. The molecule has 2 aromatic heterocycles. The molecule has 1 aliphatic carbocycles. The summed E-state index contributed by atoms with van der Waals surface area (Å²) in [6.07, 6.45) is -1.64. The van der Waals surface area contributed by atoms with Crippen LogP contribution in [-0.4, -0.2) is 66.5 Å². The molecule has 1 amide bonds. The predicted molar refractivity (Wildman–Crippen MR) is 132 cm³/mol. The van der Waals surface area contributed by atoms with Gasteiger partial charge in [0.05, 0.1) is 28.6 Å². The fourth-order valence-corrected chi connectivity index (χ4v) is 5.69. The third-order valence-electron chi connectivity index (χ3n) is 6.43. The average molecular weight is 567 g/mol. The lowest BCUT2D eigenvalue weighted by Crippen LogP contribution is -2.34. The number of hydrogen-bond acceptors (Lipinski definition) is 7. The lowest BCUT2D eigenvalue weighted by molar-refractivity contribution is -0.190. The van der Waals surface area contributed by atoms with E-state index in [0.29, 0.717) is 50.0 Å².